The van der Waals surface area contributed by atoms with Gasteiger partial charge < -0.3 is 75.4 Å². The van der Waals surface area contributed by atoms with Gasteiger partial charge in [0.1, 0.15) is 59.8 Å². The number of H-pyrrole nitrogens is 4. The minimum atomic E-state index is -5.08. The second kappa shape index (κ2) is 30.4. The lowest BCUT2D eigenvalue weighted by molar-refractivity contribution is -0.192. The number of aliphatic carboxylic acids is 1. The lowest BCUT2D eigenvalue weighted by atomic mass is 10.0. The minimum Gasteiger partial charge on any atom is -0.487 e. The van der Waals surface area contributed by atoms with E-state index in [4.69, 9.17) is 41.8 Å². The van der Waals surface area contributed by atoms with Crippen LogP contribution in [0.4, 0.5) is 36.4 Å². The normalized spacial score (nSPS) is 15.9. The number of halogens is 10. The van der Waals surface area contributed by atoms with Crippen LogP contribution in [-0.4, -0.2) is 180 Å². The Morgan fingerprint density at radius 3 is 1.54 bits per heavy atom. The van der Waals surface area contributed by atoms with Gasteiger partial charge in [0.15, 0.2) is 23.1 Å². The first kappa shape index (κ1) is 70.9. The number of imidazole rings is 2. The van der Waals surface area contributed by atoms with Crippen molar-refractivity contribution in [1.29, 1.82) is 0 Å². The number of hydrogen-bond donors (Lipinski definition) is 9. The molecule has 2 fully saturated rings. The number of carboxylic acids is 1. The van der Waals surface area contributed by atoms with Gasteiger partial charge in [-0.2, -0.15) is 13.2 Å². The van der Waals surface area contributed by atoms with Gasteiger partial charge in [0.25, 0.3) is 22.9 Å². The first-order chi connectivity index (χ1) is 43.7. The van der Waals surface area contributed by atoms with Crippen molar-refractivity contribution < 1.29 is 69.9 Å². The summed E-state index contributed by atoms with van der Waals surface area (Å²) < 4.78 is 95.5. The molecule has 2 atom stereocenters. The lowest BCUT2D eigenvalue weighted by Crippen LogP contribution is -2.43. The first-order valence-electron chi connectivity index (χ1n) is 28.5. The van der Waals surface area contributed by atoms with E-state index >= 15 is 0 Å². The Labute approximate surface area is 547 Å². The largest absolute Gasteiger partial charge is 0.490 e. The van der Waals surface area contributed by atoms with Crippen LogP contribution in [0.25, 0.3) is 44.8 Å². The summed E-state index contributed by atoms with van der Waals surface area (Å²) >= 11 is 12.2. The van der Waals surface area contributed by atoms with Crippen LogP contribution in [0.2, 0.25) is 5.02 Å². The number of nitrogens with zero attached hydrogens (tertiary/aromatic N) is 6. The minimum absolute atomic E-state index is 0. The molecule has 10 N–H and O–H groups in total. The van der Waals surface area contributed by atoms with Crippen LogP contribution in [0, 0.1) is 23.3 Å². The number of carbonyl (C=O) groups excluding carboxylic acids is 2. The van der Waals surface area contributed by atoms with Crippen molar-refractivity contribution in [1.82, 2.24) is 49.5 Å². The van der Waals surface area contributed by atoms with E-state index in [0.29, 0.717) is 86.9 Å². The molecular weight excluding hydrogens is 1390 g/mol. The van der Waals surface area contributed by atoms with Gasteiger partial charge in [-0.15, -0.1) is 0 Å². The van der Waals surface area contributed by atoms with Gasteiger partial charge in [-0.25, -0.2) is 32.3 Å². The lowest BCUT2D eigenvalue weighted by Gasteiger charge is -2.34. The molecule has 0 bridgehead atoms. The third-order valence-corrected chi connectivity index (χ3v) is 17.0. The molecule has 4 aromatic heterocycles. The molecule has 4 aromatic carbocycles. The van der Waals surface area contributed by atoms with Crippen LogP contribution in [0.5, 0.6) is 11.5 Å². The zero-order chi connectivity index (χ0) is 66.5. The van der Waals surface area contributed by atoms with Crippen molar-refractivity contribution >= 4 is 89.0 Å². The van der Waals surface area contributed by atoms with Crippen LogP contribution in [0.3, 0.4) is 0 Å². The van der Waals surface area contributed by atoms with Gasteiger partial charge in [-0.3, -0.25) is 19.2 Å². The molecule has 0 unspecified atom stereocenters. The standard InChI is InChI=1S/C29H29BrF2N6O4.C20H20ClN5O2.C9H10BrF2NO2.C2HF3O2.CH4/c1-37-6-3-17(4-7-37)38-13-15-8-23-24(11-19(15)29(38)41)36-27(35-23)25-22(2-5-33-28(25)40)34-12-18(39)14-42-26-20(30)9-16(31)10-21(26)32;1-25-6-3-12(4-7-25)26-10-11-8-15-16(9-13(11)20(26)28)24-18(23-15)17-14(21)2-5-22-19(17)27;10-7-1-5(11)2-8(12)9(7)15-4-6(14)3-13;3-2(4,5)1(6)7;/h2,5,8-11,17-18,39H,3-4,6-7,12-14H2,1H3,(H,35,36)(H2,33,34,40);2,5,8-9,12H,3-4,6-7,10H2,1H3,(H,22,27)(H,23,24);1-2,6,14H,3-4,13H2;(H,6,7);1H4/t18-;;6-;;/m1.1../s1. The molecule has 8 heterocycles. The van der Waals surface area contributed by atoms with E-state index in [-0.39, 0.29) is 83.2 Å². The number of aliphatic hydroxyl groups is 2. The zero-order valence-corrected chi connectivity index (χ0v) is 52.8. The molecule has 4 aliphatic rings. The molecule has 2 amide bonds. The van der Waals surface area contributed by atoms with E-state index in [1.807, 2.05) is 28.0 Å². The summed E-state index contributed by atoms with van der Waals surface area (Å²) in [4.78, 5) is 89.6. The molecule has 12 rings (SSSR count). The van der Waals surface area contributed by atoms with E-state index < -0.39 is 53.2 Å². The number of carbonyl (C=O) groups is 3. The quantitative estimate of drug-likeness (QED) is 0.0458. The molecule has 93 heavy (non-hydrogen) atoms. The number of alkyl halides is 3. The fourth-order valence-electron chi connectivity index (χ4n) is 10.7. The molecule has 0 saturated carbocycles. The van der Waals surface area contributed by atoms with Crippen molar-refractivity contribution in [2.45, 2.75) is 76.7 Å². The molecule has 0 radical (unpaired) electrons. The maximum Gasteiger partial charge on any atom is 0.490 e. The van der Waals surface area contributed by atoms with Crippen molar-refractivity contribution in [2.75, 3.05) is 71.9 Å². The number of ether oxygens (including phenoxy) is 2. The summed E-state index contributed by atoms with van der Waals surface area (Å²) in [5, 5.41) is 30.0. The summed E-state index contributed by atoms with van der Waals surface area (Å²) in [5.74, 6) is -5.49. The van der Waals surface area contributed by atoms with Gasteiger partial charge in [-0.1, -0.05) is 19.0 Å². The number of likely N-dealkylation sites (tertiary alicyclic amines) is 2. The van der Waals surface area contributed by atoms with Crippen molar-refractivity contribution in [2.24, 2.45) is 5.73 Å². The van der Waals surface area contributed by atoms with Crippen molar-refractivity contribution in [3.8, 4) is 34.3 Å². The average molecular weight is 1450 g/mol. The third-order valence-electron chi connectivity index (χ3n) is 15.5. The Hall–Kier alpha value is -7.91. The SMILES string of the molecule is C.CN1CCC(N2Cc3cc4[nH]c(-c5c(Cl)cc[nH]c5=O)nc4cc3C2=O)CC1.CN1CCC(N2Cc3cc4[nH]c(-c5c(NC[C@@H](O)COc6c(F)cc(F)cc6Br)cc[nH]c5=O)nc4cc3C2=O)CC1.NC[C@@H](O)COc1c(F)cc(F)cc1Br.O=C(O)C(F)(F)F. The topological polar surface area (TPSA) is 304 Å². The van der Waals surface area contributed by atoms with Gasteiger partial charge >= 0.3 is 12.1 Å². The Kier molecular flexibility index (Phi) is 23.2. The van der Waals surface area contributed by atoms with Gasteiger partial charge in [0.2, 0.25) is 0 Å². The third kappa shape index (κ3) is 16.9. The number of carboxylic acid groups (broad SMARTS) is 1. The fraction of sp³-hybridized carbons (Fsp3) is 0.361. The summed E-state index contributed by atoms with van der Waals surface area (Å²) in [5.41, 5.74) is 11.4. The number of aromatic nitrogens is 6. The Morgan fingerprint density at radius 1 is 0.699 bits per heavy atom. The zero-order valence-electron chi connectivity index (χ0n) is 48.9. The van der Waals surface area contributed by atoms with E-state index in [1.165, 1.54) is 12.4 Å². The smallest absolute Gasteiger partial charge is 0.487 e. The molecular formula is C61H64Br2ClF7N12O10. The van der Waals surface area contributed by atoms with Gasteiger partial charge in [0, 0.05) is 73.9 Å². The number of aromatic amines is 4. The number of benzene rings is 4. The van der Waals surface area contributed by atoms with Crippen LogP contribution in [0.15, 0.2) is 91.6 Å². The summed E-state index contributed by atoms with van der Waals surface area (Å²) in [7, 11) is 4.21. The van der Waals surface area contributed by atoms with Crippen molar-refractivity contribution in [3.63, 3.8) is 0 Å². The maximum absolute atomic E-state index is 14.0. The maximum atomic E-state index is 14.0. The molecule has 0 aliphatic carbocycles. The van der Waals surface area contributed by atoms with Crippen LogP contribution >= 0.6 is 43.5 Å². The van der Waals surface area contributed by atoms with Crippen LogP contribution in [0.1, 0.15) is 65.0 Å². The molecule has 2 saturated heterocycles. The first-order valence-corrected chi connectivity index (χ1v) is 30.4. The number of amides is 2. The molecule has 4 aliphatic heterocycles. The number of pyridine rings is 2. The molecule has 0 spiro atoms. The van der Waals surface area contributed by atoms with Crippen LogP contribution in [-0.2, 0) is 17.9 Å². The second-order valence-corrected chi connectivity index (χ2v) is 24.1. The number of nitrogens with one attached hydrogen (secondary N) is 5. The highest BCUT2D eigenvalue weighted by atomic mass is 79.9. The monoisotopic (exact) mass is 1450 g/mol. The summed E-state index contributed by atoms with van der Waals surface area (Å²) in [6.45, 7) is 4.69. The molecule has 498 valence electrons. The number of nitrogens with two attached hydrogens (primary N) is 1. The second-order valence-electron chi connectivity index (χ2n) is 22.0. The highest BCUT2D eigenvalue weighted by molar-refractivity contribution is 9.11. The number of anilines is 1. The predicted octanol–water partition coefficient (Wildman–Crippen LogP) is 9.18. The number of rotatable bonds is 14. The van der Waals surface area contributed by atoms with Gasteiger partial charge in [0.05, 0.1) is 41.7 Å². The number of piperidine rings is 2. The predicted molar refractivity (Wildman–Crippen MR) is 339 cm³/mol. The van der Waals surface area contributed by atoms with Gasteiger partial charge in [-0.05, 0) is 157 Å². The highest BCUT2D eigenvalue weighted by Gasteiger charge is 2.39. The summed E-state index contributed by atoms with van der Waals surface area (Å²) in [6.07, 6.45) is -0.170. The fourth-order valence-corrected chi connectivity index (χ4v) is 12.0. The number of fused-ring (bicyclic) bond motifs is 4. The van der Waals surface area contributed by atoms with E-state index in [0.717, 1.165) is 80.6 Å². The Bertz CT molecular complexity index is 4120. The highest BCUT2D eigenvalue weighted by Crippen LogP contribution is 2.36. The Morgan fingerprint density at radius 2 is 1.12 bits per heavy atom. The summed E-state index contributed by atoms with van der Waals surface area (Å²) in [6, 6.07) is 14.8. The number of aliphatic hydroxyl groups excluding tert-OH is 2. The molecule has 8 aromatic rings. The van der Waals surface area contributed by atoms with Crippen LogP contribution < -0.4 is 31.6 Å². The van der Waals surface area contributed by atoms with E-state index in [1.54, 1.807) is 18.2 Å². The Balaban J connectivity index is 0.000000186. The molecule has 22 nitrogen and oxygen atoms in total. The van der Waals surface area contributed by atoms with Crippen molar-refractivity contribution in [3.05, 3.63) is 153 Å². The average Bonchev–Trinajstić information content (AvgIpc) is 1.62. The molecule has 32 heteroatoms. The van der Waals surface area contributed by atoms with E-state index in [2.05, 4.69) is 91.0 Å². The number of hydrogen-bond acceptors (Lipinski definition) is 15. The van der Waals surface area contributed by atoms with E-state index in [9.17, 15) is 55.0 Å².